The summed E-state index contributed by atoms with van der Waals surface area (Å²) in [5.41, 5.74) is 0. The molecule has 0 fully saturated rings. The van der Waals surface area contributed by atoms with Crippen LogP contribution in [-0.4, -0.2) is 12.0 Å². The van der Waals surface area contributed by atoms with E-state index < -0.39 is 0 Å². The van der Waals surface area contributed by atoms with Gasteiger partial charge >= 0.3 is 0 Å². The fourth-order valence-corrected chi connectivity index (χ4v) is 1.81. The number of rotatable bonds is 7. The monoisotopic (exact) mass is 304 g/mol. The topological polar surface area (TPSA) is 9.23 Å². The molecule has 0 aliphatic carbocycles. The molecule has 0 aliphatic heterocycles. The summed E-state index contributed by atoms with van der Waals surface area (Å²) in [5, 5.41) is 0.327. The molecule has 0 heterocycles. The molecule has 1 nitrogen and oxygen atoms in total. The van der Waals surface area contributed by atoms with Crippen LogP contribution in [0, 0.1) is 0 Å². The molecular weight excluding hydrogens is 287 g/mol. The number of halogens is 2. The Labute approximate surface area is 111 Å². The summed E-state index contributed by atoms with van der Waals surface area (Å²) in [6, 6.07) is 7.92. The Kier molecular flexibility index (Phi) is 6.90. The van der Waals surface area contributed by atoms with Crippen LogP contribution in [-0.2, 0) is 0 Å². The van der Waals surface area contributed by atoms with E-state index in [2.05, 4.69) is 22.9 Å². The second-order valence-corrected chi connectivity index (χ2v) is 5.34. The molecular formula is C13H18BrClO. The highest BCUT2D eigenvalue weighted by molar-refractivity contribution is 9.10. The number of hydrogen-bond acceptors (Lipinski definition) is 1. The molecule has 0 spiro atoms. The first-order valence-electron chi connectivity index (χ1n) is 5.74. The van der Waals surface area contributed by atoms with Gasteiger partial charge in [0.05, 0.1) is 6.61 Å². The van der Waals surface area contributed by atoms with Gasteiger partial charge in [0, 0.05) is 9.85 Å². The Morgan fingerprint density at radius 1 is 1.25 bits per heavy atom. The van der Waals surface area contributed by atoms with Crippen LogP contribution < -0.4 is 4.74 Å². The van der Waals surface area contributed by atoms with Crippen molar-refractivity contribution in [1.29, 1.82) is 0 Å². The Bertz CT molecular complexity index is 286. The molecule has 1 atom stereocenters. The minimum absolute atomic E-state index is 0.327. The first-order chi connectivity index (χ1) is 7.72. The van der Waals surface area contributed by atoms with Crippen molar-refractivity contribution in [2.75, 3.05) is 6.61 Å². The lowest BCUT2D eigenvalue weighted by Gasteiger charge is -2.07. The Morgan fingerprint density at radius 2 is 1.94 bits per heavy atom. The summed E-state index contributed by atoms with van der Waals surface area (Å²) in [6.07, 6.45) is 4.34. The molecule has 0 saturated carbocycles. The van der Waals surface area contributed by atoms with Gasteiger partial charge in [-0.2, -0.15) is 0 Å². The predicted molar refractivity (Wildman–Crippen MR) is 73.4 cm³/mol. The summed E-state index contributed by atoms with van der Waals surface area (Å²) >= 11 is 9.42. The molecule has 90 valence electrons. The van der Waals surface area contributed by atoms with Crippen LogP contribution in [0.25, 0.3) is 0 Å². The second kappa shape index (κ2) is 7.97. The molecule has 1 rings (SSSR count). The van der Waals surface area contributed by atoms with Gasteiger partial charge in [0.25, 0.3) is 0 Å². The molecule has 0 aliphatic rings. The molecule has 0 amide bonds. The average molecular weight is 306 g/mol. The SMILES string of the molecule is CCC(Cl)CCCCOc1ccc(Br)cc1. The van der Waals surface area contributed by atoms with Gasteiger partial charge in [0.1, 0.15) is 5.75 Å². The highest BCUT2D eigenvalue weighted by atomic mass is 79.9. The smallest absolute Gasteiger partial charge is 0.119 e. The van der Waals surface area contributed by atoms with E-state index in [0.717, 1.165) is 42.5 Å². The molecule has 1 aromatic carbocycles. The zero-order valence-electron chi connectivity index (χ0n) is 9.59. The van der Waals surface area contributed by atoms with Gasteiger partial charge in [-0.25, -0.2) is 0 Å². The van der Waals surface area contributed by atoms with Crippen molar-refractivity contribution in [1.82, 2.24) is 0 Å². The van der Waals surface area contributed by atoms with Gasteiger partial charge in [0.2, 0.25) is 0 Å². The van der Waals surface area contributed by atoms with Crippen LogP contribution >= 0.6 is 27.5 Å². The van der Waals surface area contributed by atoms with Crippen LogP contribution in [0.2, 0.25) is 0 Å². The second-order valence-electron chi connectivity index (χ2n) is 3.80. The standard InChI is InChI=1S/C13H18BrClO/c1-2-12(15)5-3-4-10-16-13-8-6-11(14)7-9-13/h6-9,12H,2-5,10H2,1H3. The van der Waals surface area contributed by atoms with Crippen molar-refractivity contribution < 1.29 is 4.74 Å². The maximum atomic E-state index is 6.03. The minimum atomic E-state index is 0.327. The molecule has 0 radical (unpaired) electrons. The van der Waals surface area contributed by atoms with Crippen molar-refractivity contribution in [3.05, 3.63) is 28.7 Å². The molecule has 0 N–H and O–H groups in total. The van der Waals surface area contributed by atoms with E-state index in [1.54, 1.807) is 0 Å². The first-order valence-corrected chi connectivity index (χ1v) is 6.97. The third kappa shape index (κ3) is 5.76. The zero-order valence-corrected chi connectivity index (χ0v) is 11.9. The summed E-state index contributed by atoms with van der Waals surface area (Å²) in [6.45, 7) is 2.89. The minimum Gasteiger partial charge on any atom is -0.494 e. The molecule has 1 unspecified atom stereocenters. The quantitative estimate of drug-likeness (QED) is 0.508. The van der Waals surface area contributed by atoms with E-state index in [4.69, 9.17) is 16.3 Å². The van der Waals surface area contributed by atoms with Gasteiger partial charge in [-0.1, -0.05) is 22.9 Å². The summed E-state index contributed by atoms with van der Waals surface area (Å²) in [7, 11) is 0. The number of alkyl halides is 1. The Hall–Kier alpha value is -0.210. The van der Waals surface area contributed by atoms with Gasteiger partial charge in [0.15, 0.2) is 0 Å². The Balaban J connectivity index is 2.09. The van der Waals surface area contributed by atoms with Gasteiger partial charge in [-0.3, -0.25) is 0 Å². The molecule has 0 aromatic heterocycles. The number of hydrogen-bond donors (Lipinski definition) is 0. The van der Waals surface area contributed by atoms with Crippen LogP contribution in [0.3, 0.4) is 0 Å². The molecule has 16 heavy (non-hydrogen) atoms. The molecule has 1 aromatic rings. The fraction of sp³-hybridized carbons (Fsp3) is 0.538. The molecule has 0 bridgehead atoms. The van der Waals surface area contributed by atoms with Crippen LogP contribution in [0.4, 0.5) is 0 Å². The lowest BCUT2D eigenvalue weighted by Crippen LogP contribution is -2.00. The normalized spacial score (nSPS) is 12.4. The highest BCUT2D eigenvalue weighted by Gasteiger charge is 2.00. The largest absolute Gasteiger partial charge is 0.494 e. The predicted octanol–water partition coefficient (Wildman–Crippen LogP) is 5.02. The third-order valence-corrected chi connectivity index (χ3v) is 3.49. The van der Waals surface area contributed by atoms with E-state index >= 15 is 0 Å². The van der Waals surface area contributed by atoms with E-state index in [0.29, 0.717) is 5.38 Å². The summed E-state index contributed by atoms with van der Waals surface area (Å²) < 4.78 is 6.69. The summed E-state index contributed by atoms with van der Waals surface area (Å²) in [5.74, 6) is 0.932. The van der Waals surface area contributed by atoms with Crippen molar-refractivity contribution in [3.8, 4) is 5.75 Å². The van der Waals surface area contributed by atoms with Gasteiger partial charge in [-0.15, -0.1) is 11.6 Å². The Morgan fingerprint density at radius 3 is 2.56 bits per heavy atom. The highest BCUT2D eigenvalue weighted by Crippen LogP contribution is 2.17. The third-order valence-electron chi connectivity index (χ3n) is 2.44. The summed E-state index contributed by atoms with van der Waals surface area (Å²) in [4.78, 5) is 0. The molecule has 3 heteroatoms. The van der Waals surface area contributed by atoms with Crippen LogP contribution in [0.1, 0.15) is 32.6 Å². The van der Waals surface area contributed by atoms with Crippen molar-refractivity contribution in [2.24, 2.45) is 0 Å². The maximum Gasteiger partial charge on any atom is 0.119 e. The van der Waals surface area contributed by atoms with Crippen LogP contribution in [0.15, 0.2) is 28.7 Å². The average Bonchev–Trinajstić information content (AvgIpc) is 2.31. The van der Waals surface area contributed by atoms with Crippen molar-refractivity contribution >= 4 is 27.5 Å². The zero-order chi connectivity index (χ0) is 11.8. The van der Waals surface area contributed by atoms with Crippen molar-refractivity contribution in [3.63, 3.8) is 0 Å². The molecule has 0 saturated heterocycles. The number of ether oxygens (including phenoxy) is 1. The number of benzene rings is 1. The fourth-order valence-electron chi connectivity index (χ4n) is 1.39. The van der Waals surface area contributed by atoms with E-state index in [9.17, 15) is 0 Å². The lowest BCUT2D eigenvalue weighted by atomic mass is 10.1. The van der Waals surface area contributed by atoms with E-state index in [1.165, 1.54) is 0 Å². The van der Waals surface area contributed by atoms with E-state index in [-0.39, 0.29) is 0 Å². The van der Waals surface area contributed by atoms with E-state index in [1.807, 2.05) is 24.3 Å². The van der Waals surface area contributed by atoms with Crippen molar-refractivity contribution in [2.45, 2.75) is 38.0 Å². The first kappa shape index (κ1) is 13.9. The van der Waals surface area contributed by atoms with Crippen LogP contribution in [0.5, 0.6) is 5.75 Å². The van der Waals surface area contributed by atoms with Gasteiger partial charge < -0.3 is 4.74 Å². The number of unbranched alkanes of at least 4 members (excludes halogenated alkanes) is 1. The van der Waals surface area contributed by atoms with Gasteiger partial charge in [-0.05, 0) is 49.9 Å². The maximum absolute atomic E-state index is 6.03. The lowest BCUT2D eigenvalue weighted by molar-refractivity contribution is 0.305.